The van der Waals surface area contributed by atoms with Gasteiger partial charge in [0, 0.05) is 42.2 Å². The predicted molar refractivity (Wildman–Crippen MR) is 130 cm³/mol. The van der Waals surface area contributed by atoms with Crippen molar-refractivity contribution < 1.29 is 4.79 Å². The molecule has 1 aliphatic rings. The quantitative estimate of drug-likeness (QED) is 0.418. The number of amides is 1. The van der Waals surface area contributed by atoms with Crippen molar-refractivity contribution in [1.82, 2.24) is 29.6 Å². The fourth-order valence-corrected chi connectivity index (χ4v) is 4.30. The normalized spacial score (nSPS) is 14.2. The van der Waals surface area contributed by atoms with Crippen molar-refractivity contribution in [3.63, 3.8) is 0 Å². The first kappa shape index (κ1) is 21.1. The maximum absolute atomic E-state index is 12.6. The van der Waals surface area contributed by atoms with Crippen LogP contribution in [0.25, 0.3) is 22.2 Å². The number of likely N-dealkylation sites (tertiary alicyclic amines) is 1. The summed E-state index contributed by atoms with van der Waals surface area (Å²) in [6, 6.07) is 7.87. The standard InChI is InChI=1S/C24H28N8O/c1-15-12-26-24(28-20-11-16(2)31(3)30-20)29-22(15)18-13-25-23-17(18)7-6-8-19(23)27-21(33)14-32-9-4-5-10-32/h6-8,11-13,25H,4-5,9-10,14H2,1-3H3,(H,27,33)(H,26,28,29,30). The van der Waals surface area contributed by atoms with Gasteiger partial charge >= 0.3 is 0 Å². The maximum atomic E-state index is 12.6. The highest BCUT2D eigenvalue weighted by Crippen LogP contribution is 2.33. The Morgan fingerprint density at radius 2 is 2.03 bits per heavy atom. The number of benzene rings is 1. The third kappa shape index (κ3) is 4.31. The molecule has 0 atom stereocenters. The number of carbonyl (C=O) groups is 1. The summed E-state index contributed by atoms with van der Waals surface area (Å²) in [5, 5.41) is 11.7. The van der Waals surface area contributed by atoms with Gasteiger partial charge in [0.2, 0.25) is 11.9 Å². The second kappa shape index (κ2) is 8.67. The molecule has 9 nitrogen and oxygen atoms in total. The summed E-state index contributed by atoms with van der Waals surface area (Å²) >= 11 is 0. The van der Waals surface area contributed by atoms with Gasteiger partial charge < -0.3 is 15.6 Å². The van der Waals surface area contributed by atoms with Crippen molar-refractivity contribution in [1.29, 1.82) is 0 Å². The Bertz CT molecular complexity index is 1300. The second-order valence-corrected chi connectivity index (χ2v) is 8.61. The van der Waals surface area contributed by atoms with Crippen molar-refractivity contribution in [2.45, 2.75) is 26.7 Å². The number of aryl methyl sites for hydroxylation is 3. The zero-order valence-corrected chi connectivity index (χ0v) is 19.1. The zero-order valence-electron chi connectivity index (χ0n) is 19.1. The maximum Gasteiger partial charge on any atom is 0.238 e. The third-order valence-electron chi connectivity index (χ3n) is 6.14. The number of para-hydroxylation sites is 1. The molecule has 33 heavy (non-hydrogen) atoms. The number of rotatable bonds is 6. The van der Waals surface area contributed by atoms with Crippen LogP contribution in [0, 0.1) is 13.8 Å². The molecule has 9 heteroatoms. The van der Waals surface area contributed by atoms with Crippen molar-refractivity contribution in [3.8, 4) is 11.3 Å². The molecule has 4 heterocycles. The van der Waals surface area contributed by atoms with E-state index in [2.05, 4.69) is 30.6 Å². The molecule has 1 aliphatic heterocycles. The third-order valence-corrected chi connectivity index (χ3v) is 6.14. The van der Waals surface area contributed by atoms with Gasteiger partial charge in [-0.2, -0.15) is 5.10 Å². The Morgan fingerprint density at radius 3 is 2.79 bits per heavy atom. The molecule has 1 fully saturated rings. The van der Waals surface area contributed by atoms with E-state index in [4.69, 9.17) is 4.98 Å². The van der Waals surface area contributed by atoms with Gasteiger partial charge in [0.25, 0.3) is 0 Å². The number of nitrogens with one attached hydrogen (secondary N) is 3. The molecule has 1 saturated heterocycles. The molecule has 1 aromatic carbocycles. The fraction of sp³-hybridized carbons (Fsp3) is 0.333. The number of anilines is 3. The Labute approximate surface area is 192 Å². The Kier molecular flexibility index (Phi) is 5.55. The monoisotopic (exact) mass is 444 g/mol. The van der Waals surface area contributed by atoms with Crippen LogP contribution in [0.4, 0.5) is 17.5 Å². The van der Waals surface area contributed by atoms with E-state index in [-0.39, 0.29) is 5.91 Å². The predicted octanol–water partition coefficient (Wildman–Crippen LogP) is 3.75. The SMILES string of the molecule is Cc1cnc(Nc2cc(C)n(C)n2)nc1-c1c[nH]c2c(NC(=O)CN3CCCC3)cccc12. The van der Waals surface area contributed by atoms with Crippen LogP contribution in [0.15, 0.2) is 36.7 Å². The molecule has 3 N–H and O–H groups in total. The summed E-state index contributed by atoms with van der Waals surface area (Å²) in [5.41, 5.74) is 5.45. The van der Waals surface area contributed by atoms with Gasteiger partial charge in [0.1, 0.15) is 0 Å². The highest BCUT2D eigenvalue weighted by atomic mass is 16.2. The van der Waals surface area contributed by atoms with Crippen molar-refractivity contribution in [2.75, 3.05) is 30.3 Å². The van der Waals surface area contributed by atoms with Gasteiger partial charge in [-0.3, -0.25) is 14.4 Å². The second-order valence-electron chi connectivity index (χ2n) is 8.61. The minimum atomic E-state index is 0.0101. The van der Waals surface area contributed by atoms with Gasteiger partial charge in [-0.1, -0.05) is 12.1 Å². The summed E-state index contributed by atoms with van der Waals surface area (Å²) in [6.07, 6.45) is 6.07. The van der Waals surface area contributed by atoms with Crippen LogP contribution in [0.3, 0.4) is 0 Å². The molecule has 3 aromatic heterocycles. The molecule has 5 rings (SSSR count). The summed E-state index contributed by atoms with van der Waals surface area (Å²) in [7, 11) is 1.90. The van der Waals surface area contributed by atoms with Crippen molar-refractivity contribution in [3.05, 3.63) is 47.9 Å². The molecule has 0 radical (unpaired) electrons. The summed E-state index contributed by atoms with van der Waals surface area (Å²) in [6.45, 7) is 6.39. The number of aromatic nitrogens is 5. The van der Waals surface area contributed by atoms with Gasteiger partial charge in [-0.25, -0.2) is 9.97 Å². The van der Waals surface area contributed by atoms with Crippen LogP contribution in [0.5, 0.6) is 0 Å². The largest absolute Gasteiger partial charge is 0.359 e. The van der Waals surface area contributed by atoms with E-state index in [1.807, 2.05) is 51.4 Å². The molecule has 0 saturated carbocycles. The Morgan fingerprint density at radius 1 is 1.21 bits per heavy atom. The highest BCUT2D eigenvalue weighted by molar-refractivity contribution is 6.06. The average Bonchev–Trinajstić information content (AvgIpc) is 3.51. The minimum absolute atomic E-state index is 0.0101. The minimum Gasteiger partial charge on any atom is -0.359 e. The smallest absolute Gasteiger partial charge is 0.238 e. The van der Waals surface area contributed by atoms with Crippen LogP contribution in [0.2, 0.25) is 0 Å². The van der Waals surface area contributed by atoms with Crippen molar-refractivity contribution in [2.24, 2.45) is 7.05 Å². The topological polar surface area (TPSA) is 104 Å². The lowest BCUT2D eigenvalue weighted by Crippen LogP contribution is -2.30. The fourth-order valence-electron chi connectivity index (χ4n) is 4.30. The van der Waals surface area contributed by atoms with Crippen LogP contribution >= 0.6 is 0 Å². The van der Waals surface area contributed by atoms with E-state index >= 15 is 0 Å². The number of hydrogen-bond acceptors (Lipinski definition) is 6. The number of aromatic amines is 1. The van der Waals surface area contributed by atoms with Crippen LogP contribution in [-0.4, -0.2) is 55.2 Å². The number of carbonyl (C=O) groups excluding carboxylic acids is 1. The molecule has 0 bridgehead atoms. The number of hydrogen-bond donors (Lipinski definition) is 3. The first-order valence-corrected chi connectivity index (χ1v) is 11.2. The van der Waals surface area contributed by atoms with Gasteiger partial charge in [-0.05, 0) is 51.4 Å². The van der Waals surface area contributed by atoms with Crippen LogP contribution in [-0.2, 0) is 11.8 Å². The Balaban J connectivity index is 1.43. The first-order chi connectivity index (χ1) is 16.0. The first-order valence-electron chi connectivity index (χ1n) is 11.2. The van der Waals surface area contributed by atoms with Gasteiger partial charge in [-0.15, -0.1) is 0 Å². The lowest BCUT2D eigenvalue weighted by molar-refractivity contribution is -0.117. The lowest BCUT2D eigenvalue weighted by Gasteiger charge is -2.14. The van der Waals surface area contributed by atoms with E-state index < -0.39 is 0 Å². The highest BCUT2D eigenvalue weighted by Gasteiger charge is 2.18. The average molecular weight is 445 g/mol. The van der Waals surface area contributed by atoms with E-state index in [0.717, 1.165) is 65.0 Å². The van der Waals surface area contributed by atoms with E-state index in [1.54, 1.807) is 10.9 Å². The summed E-state index contributed by atoms with van der Waals surface area (Å²) in [5.74, 6) is 1.20. The van der Waals surface area contributed by atoms with Gasteiger partial charge in [0.05, 0.1) is 23.4 Å². The van der Waals surface area contributed by atoms with Crippen molar-refractivity contribution >= 4 is 34.3 Å². The van der Waals surface area contributed by atoms with Crippen LogP contribution < -0.4 is 10.6 Å². The molecule has 0 unspecified atom stereocenters. The molecule has 0 aliphatic carbocycles. The van der Waals surface area contributed by atoms with Crippen LogP contribution in [0.1, 0.15) is 24.1 Å². The molecular formula is C24H28N8O. The van der Waals surface area contributed by atoms with E-state index in [1.165, 1.54) is 0 Å². The summed E-state index contributed by atoms with van der Waals surface area (Å²) in [4.78, 5) is 27.3. The zero-order chi connectivity index (χ0) is 22.9. The summed E-state index contributed by atoms with van der Waals surface area (Å²) < 4.78 is 1.80. The number of fused-ring (bicyclic) bond motifs is 1. The van der Waals surface area contributed by atoms with E-state index in [0.29, 0.717) is 18.3 Å². The number of H-pyrrole nitrogens is 1. The molecule has 170 valence electrons. The Hall–Kier alpha value is -3.72. The molecule has 1 amide bonds. The molecular weight excluding hydrogens is 416 g/mol. The number of nitrogens with zero attached hydrogens (tertiary/aromatic N) is 5. The molecule has 0 spiro atoms. The van der Waals surface area contributed by atoms with E-state index in [9.17, 15) is 4.79 Å². The lowest BCUT2D eigenvalue weighted by atomic mass is 10.1. The van der Waals surface area contributed by atoms with Gasteiger partial charge in [0.15, 0.2) is 5.82 Å². The molecule has 4 aromatic rings.